The van der Waals surface area contributed by atoms with Crippen molar-refractivity contribution in [1.82, 2.24) is 20.1 Å². The van der Waals surface area contributed by atoms with Crippen LogP contribution in [0.4, 0.5) is 4.79 Å². The Bertz CT molecular complexity index is 1070. The Morgan fingerprint density at radius 3 is 2.51 bits per heavy atom. The average molecular weight is 479 g/mol. The number of imide groups is 1. The molecule has 2 fully saturated rings. The number of pyridine rings is 1. The van der Waals surface area contributed by atoms with Gasteiger partial charge in [0.05, 0.1) is 24.9 Å². The highest BCUT2D eigenvalue weighted by Gasteiger charge is 2.55. The lowest BCUT2D eigenvalue weighted by atomic mass is 9.73. The maximum absolute atomic E-state index is 13.8. The third-order valence-electron chi connectivity index (χ3n) is 7.18. The number of carbonyl (C=O) groups excluding carboxylic acids is 3. The summed E-state index contributed by atoms with van der Waals surface area (Å²) in [5, 5.41) is 3.09. The molecule has 1 N–H and O–H groups in total. The van der Waals surface area contributed by atoms with Crippen LogP contribution in [0.2, 0.25) is 0 Å². The molecule has 0 aliphatic carbocycles. The van der Waals surface area contributed by atoms with Gasteiger partial charge in [-0.2, -0.15) is 0 Å². The van der Waals surface area contributed by atoms with E-state index in [9.17, 15) is 14.4 Å². The highest BCUT2D eigenvalue weighted by molar-refractivity contribution is 6.07. The van der Waals surface area contributed by atoms with Crippen molar-refractivity contribution >= 4 is 17.8 Å². The van der Waals surface area contributed by atoms with E-state index in [-0.39, 0.29) is 30.3 Å². The van der Waals surface area contributed by atoms with E-state index in [1.54, 1.807) is 25.4 Å². The van der Waals surface area contributed by atoms with Gasteiger partial charge in [-0.15, -0.1) is 0 Å². The minimum absolute atomic E-state index is 0.0480. The molecule has 2 aliphatic heterocycles. The van der Waals surface area contributed by atoms with E-state index < -0.39 is 5.54 Å². The quantitative estimate of drug-likeness (QED) is 0.582. The summed E-state index contributed by atoms with van der Waals surface area (Å²) in [5.41, 5.74) is 0.262. The Morgan fingerprint density at radius 2 is 1.86 bits per heavy atom. The molecule has 1 aromatic heterocycles. The van der Waals surface area contributed by atoms with Crippen molar-refractivity contribution in [3.05, 3.63) is 59.9 Å². The lowest BCUT2D eigenvalue weighted by Gasteiger charge is -2.41. The fourth-order valence-electron chi connectivity index (χ4n) is 5.18. The van der Waals surface area contributed by atoms with Gasteiger partial charge in [-0.05, 0) is 61.8 Å². The third-order valence-corrected chi connectivity index (χ3v) is 7.18. The fourth-order valence-corrected chi connectivity index (χ4v) is 5.18. The molecule has 186 valence electrons. The zero-order chi connectivity index (χ0) is 25.0. The molecule has 2 aliphatic rings. The lowest BCUT2D eigenvalue weighted by Crippen LogP contribution is -2.56. The largest absolute Gasteiger partial charge is 0.496 e. The maximum Gasteiger partial charge on any atom is 0.325 e. The topological polar surface area (TPSA) is 91.8 Å². The van der Waals surface area contributed by atoms with Crippen molar-refractivity contribution in [3.8, 4) is 5.75 Å². The van der Waals surface area contributed by atoms with E-state index >= 15 is 0 Å². The van der Waals surface area contributed by atoms with Gasteiger partial charge >= 0.3 is 6.03 Å². The van der Waals surface area contributed by atoms with Crippen molar-refractivity contribution in [2.45, 2.75) is 51.6 Å². The van der Waals surface area contributed by atoms with Crippen LogP contribution in [0.3, 0.4) is 0 Å². The lowest BCUT2D eigenvalue weighted by molar-refractivity contribution is -0.134. The molecule has 0 bridgehead atoms. The molecule has 0 radical (unpaired) electrons. The zero-order valence-corrected chi connectivity index (χ0v) is 20.7. The third kappa shape index (κ3) is 5.01. The summed E-state index contributed by atoms with van der Waals surface area (Å²) in [6, 6.07) is 12.3. The highest BCUT2D eigenvalue weighted by atomic mass is 16.5. The number of para-hydroxylation sites is 1. The molecule has 8 nitrogen and oxygen atoms in total. The van der Waals surface area contributed by atoms with Crippen LogP contribution in [0.25, 0.3) is 0 Å². The predicted octanol–water partition coefficient (Wildman–Crippen LogP) is 3.87. The zero-order valence-electron chi connectivity index (χ0n) is 20.7. The van der Waals surface area contributed by atoms with Gasteiger partial charge in [0.15, 0.2) is 0 Å². The summed E-state index contributed by atoms with van der Waals surface area (Å²) in [6.07, 6.45) is 4.35. The Balaban J connectivity index is 1.51. The van der Waals surface area contributed by atoms with Crippen LogP contribution in [0.15, 0.2) is 48.7 Å². The molecule has 1 atom stereocenters. The summed E-state index contributed by atoms with van der Waals surface area (Å²) in [7, 11) is 1.56. The Labute approximate surface area is 206 Å². The molecular weight excluding hydrogens is 444 g/mol. The normalized spacial score (nSPS) is 20.9. The van der Waals surface area contributed by atoms with Crippen LogP contribution < -0.4 is 10.1 Å². The van der Waals surface area contributed by atoms with E-state index in [4.69, 9.17) is 4.74 Å². The van der Waals surface area contributed by atoms with Crippen LogP contribution in [-0.2, 0) is 11.3 Å². The number of benzene rings is 1. The van der Waals surface area contributed by atoms with Gasteiger partial charge in [0.2, 0.25) is 0 Å². The monoisotopic (exact) mass is 478 g/mol. The van der Waals surface area contributed by atoms with Crippen LogP contribution in [-0.4, -0.2) is 58.4 Å². The van der Waals surface area contributed by atoms with Gasteiger partial charge < -0.3 is 15.0 Å². The average Bonchev–Trinajstić information content (AvgIpc) is 3.12. The van der Waals surface area contributed by atoms with Gasteiger partial charge in [-0.3, -0.25) is 19.5 Å². The molecule has 2 aromatic rings. The molecular formula is C27H34N4O4. The van der Waals surface area contributed by atoms with Crippen LogP contribution >= 0.6 is 0 Å². The maximum atomic E-state index is 13.8. The summed E-state index contributed by atoms with van der Waals surface area (Å²) in [4.78, 5) is 47.4. The minimum Gasteiger partial charge on any atom is -0.496 e. The minimum atomic E-state index is -0.949. The SMILES string of the molecule is COc1ccccc1C(=O)N1CCC([C@]2(CCC(C)C)NC(=O)N(Cc3ccccn3)C2=O)CC1. The molecule has 2 saturated heterocycles. The van der Waals surface area contributed by atoms with Gasteiger partial charge in [0.1, 0.15) is 11.3 Å². The van der Waals surface area contributed by atoms with Crippen LogP contribution in [0.1, 0.15) is 55.6 Å². The molecule has 8 heteroatoms. The van der Waals surface area contributed by atoms with E-state index in [0.29, 0.717) is 55.3 Å². The summed E-state index contributed by atoms with van der Waals surface area (Å²) >= 11 is 0. The second-order valence-electron chi connectivity index (χ2n) is 9.81. The molecule has 0 spiro atoms. The molecule has 0 saturated carbocycles. The summed E-state index contributed by atoms with van der Waals surface area (Å²) in [5.74, 6) is 0.650. The number of carbonyl (C=O) groups is 3. The van der Waals surface area contributed by atoms with Crippen molar-refractivity contribution in [2.24, 2.45) is 11.8 Å². The number of hydrogen-bond acceptors (Lipinski definition) is 5. The Morgan fingerprint density at radius 1 is 1.14 bits per heavy atom. The van der Waals surface area contributed by atoms with E-state index in [2.05, 4.69) is 24.1 Å². The number of likely N-dealkylation sites (tertiary alicyclic amines) is 1. The molecule has 35 heavy (non-hydrogen) atoms. The van der Waals surface area contributed by atoms with E-state index in [1.807, 2.05) is 35.2 Å². The van der Waals surface area contributed by atoms with Gasteiger partial charge in [0.25, 0.3) is 11.8 Å². The smallest absolute Gasteiger partial charge is 0.325 e. The number of nitrogens with zero attached hydrogens (tertiary/aromatic N) is 3. The first-order chi connectivity index (χ1) is 16.9. The Hall–Kier alpha value is -3.42. The number of urea groups is 1. The second-order valence-corrected chi connectivity index (χ2v) is 9.81. The summed E-state index contributed by atoms with van der Waals surface area (Å²) in [6.45, 7) is 5.44. The van der Waals surface area contributed by atoms with Gasteiger partial charge in [-0.25, -0.2) is 4.79 Å². The fraction of sp³-hybridized carbons (Fsp3) is 0.481. The molecule has 4 rings (SSSR count). The molecule has 3 heterocycles. The number of aromatic nitrogens is 1. The highest BCUT2D eigenvalue weighted by Crippen LogP contribution is 2.38. The number of amides is 4. The summed E-state index contributed by atoms with van der Waals surface area (Å²) < 4.78 is 5.37. The van der Waals surface area contributed by atoms with Crippen molar-refractivity contribution < 1.29 is 19.1 Å². The van der Waals surface area contributed by atoms with Gasteiger partial charge in [0, 0.05) is 19.3 Å². The number of ether oxygens (including phenoxy) is 1. The first-order valence-corrected chi connectivity index (χ1v) is 12.3. The number of hydrogen-bond donors (Lipinski definition) is 1. The molecule has 1 aromatic carbocycles. The van der Waals surface area contributed by atoms with E-state index in [1.165, 1.54) is 4.90 Å². The van der Waals surface area contributed by atoms with Crippen molar-refractivity contribution in [1.29, 1.82) is 0 Å². The Kier molecular flexibility index (Phi) is 7.38. The predicted molar refractivity (Wildman–Crippen MR) is 132 cm³/mol. The van der Waals surface area contributed by atoms with E-state index in [0.717, 1.165) is 6.42 Å². The number of piperidine rings is 1. The number of nitrogens with one attached hydrogen (secondary N) is 1. The molecule has 0 unspecified atom stereocenters. The van der Waals surface area contributed by atoms with Gasteiger partial charge in [-0.1, -0.05) is 32.0 Å². The standard InChI is InChI=1S/C27H34N4O4/c1-19(2)11-14-27(25(33)31(26(34)29-27)18-21-8-6-7-15-28-21)20-12-16-30(17-13-20)24(32)22-9-4-5-10-23(22)35-3/h4-10,15,19-20H,11-14,16-18H2,1-3H3,(H,29,34)/t27-/m0/s1. The first-order valence-electron chi connectivity index (χ1n) is 12.3. The first kappa shape index (κ1) is 24.7. The van der Waals surface area contributed by atoms with Crippen molar-refractivity contribution in [3.63, 3.8) is 0 Å². The van der Waals surface area contributed by atoms with Crippen LogP contribution in [0, 0.1) is 11.8 Å². The van der Waals surface area contributed by atoms with Crippen LogP contribution in [0.5, 0.6) is 5.75 Å². The molecule has 4 amide bonds. The van der Waals surface area contributed by atoms with Crippen molar-refractivity contribution in [2.75, 3.05) is 20.2 Å². The second kappa shape index (κ2) is 10.5. The number of rotatable bonds is 8. The number of methoxy groups -OCH3 is 1.